The number of aliphatic carboxylic acids is 1. The molecule has 1 aromatic rings. The van der Waals surface area contributed by atoms with Gasteiger partial charge in [-0.15, -0.1) is 11.8 Å². The highest BCUT2D eigenvalue weighted by Crippen LogP contribution is 2.45. The largest absolute Gasteiger partial charge is 0.480 e. The van der Waals surface area contributed by atoms with Crippen LogP contribution in [0.2, 0.25) is 0 Å². The number of carbonyl (C=O) groups is 2. The average Bonchev–Trinajstić information content (AvgIpc) is 3.16. The summed E-state index contributed by atoms with van der Waals surface area (Å²) in [4.78, 5) is 25.7. The number of thioether (sulfide) groups is 1. The molecule has 2 atom stereocenters. The molecule has 0 spiro atoms. The molecular formula is C15H17NO3S. The van der Waals surface area contributed by atoms with Crippen molar-refractivity contribution in [2.75, 3.05) is 5.75 Å². The van der Waals surface area contributed by atoms with Crippen molar-refractivity contribution in [1.82, 2.24) is 4.90 Å². The van der Waals surface area contributed by atoms with E-state index >= 15 is 0 Å². The molecule has 1 saturated carbocycles. The lowest BCUT2D eigenvalue weighted by molar-refractivity contribution is -0.141. The highest BCUT2D eigenvalue weighted by molar-refractivity contribution is 8.00. The Labute approximate surface area is 122 Å². The fraction of sp³-hybridized carbons (Fsp3) is 0.467. The Kier molecular flexibility index (Phi) is 3.46. The van der Waals surface area contributed by atoms with E-state index in [0.717, 1.165) is 18.4 Å². The molecule has 3 rings (SSSR count). The van der Waals surface area contributed by atoms with Crippen LogP contribution in [0.5, 0.6) is 0 Å². The number of amides is 1. The van der Waals surface area contributed by atoms with Gasteiger partial charge in [-0.2, -0.15) is 0 Å². The van der Waals surface area contributed by atoms with Gasteiger partial charge in [-0.1, -0.05) is 17.7 Å². The van der Waals surface area contributed by atoms with Gasteiger partial charge in [-0.25, -0.2) is 4.79 Å². The molecule has 0 radical (unpaired) electrons. The second kappa shape index (κ2) is 5.13. The normalized spacial score (nSPS) is 25.8. The zero-order valence-corrected chi connectivity index (χ0v) is 12.1. The van der Waals surface area contributed by atoms with Crippen LogP contribution in [0, 0.1) is 12.8 Å². The topological polar surface area (TPSA) is 57.6 Å². The van der Waals surface area contributed by atoms with Crippen LogP contribution in [0.1, 0.15) is 28.8 Å². The van der Waals surface area contributed by atoms with Crippen molar-refractivity contribution in [3.63, 3.8) is 0 Å². The molecule has 1 aliphatic heterocycles. The van der Waals surface area contributed by atoms with Gasteiger partial charge in [-0.05, 0) is 37.8 Å². The minimum Gasteiger partial charge on any atom is -0.480 e. The van der Waals surface area contributed by atoms with Gasteiger partial charge in [0.15, 0.2) is 0 Å². The maximum absolute atomic E-state index is 12.7. The summed E-state index contributed by atoms with van der Waals surface area (Å²) in [6.45, 7) is 1.93. The first-order valence-corrected chi connectivity index (χ1v) is 7.86. The number of nitrogens with zero attached hydrogens (tertiary/aromatic N) is 1. The number of hydrogen-bond acceptors (Lipinski definition) is 3. The van der Waals surface area contributed by atoms with E-state index in [-0.39, 0.29) is 11.3 Å². The highest BCUT2D eigenvalue weighted by atomic mass is 32.2. The first-order chi connectivity index (χ1) is 9.58. The van der Waals surface area contributed by atoms with E-state index in [0.29, 0.717) is 17.2 Å². The highest BCUT2D eigenvalue weighted by Gasteiger charge is 2.48. The van der Waals surface area contributed by atoms with Crippen LogP contribution in [-0.2, 0) is 4.79 Å². The van der Waals surface area contributed by atoms with Crippen LogP contribution < -0.4 is 0 Å². The monoisotopic (exact) mass is 291 g/mol. The Hall–Kier alpha value is -1.49. The Morgan fingerprint density at radius 2 is 2.10 bits per heavy atom. The zero-order valence-electron chi connectivity index (χ0n) is 11.3. The van der Waals surface area contributed by atoms with Crippen LogP contribution >= 0.6 is 11.8 Å². The molecule has 0 aromatic heterocycles. The molecule has 106 valence electrons. The number of carboxylic acid groups (broad SMARTS) is 1. The molecule has 0 bridgehead atoms. The van der Waals surface area contributed by atoms with Crippen molar-refractivity contribution in [2.45, 2.75) is 31.2 Å². The lowest BCUT2D eigenvalue weighted by Crippen LogP contribution is -2.46. The summed E-state index contributed by atoms with van der Waals surface area (Å²) in [7, 11) is 0. The molecule has 1 saturated heterocycles. The molecule has 1 heterocycles. The van der Waals surface area contributed by atoms with E-state index in [2.05, 4.69) is 0 Å². The third-order valence-electron chi connectivity index (χ3n) is 3.84. The molecule has 2 aliphatic rings. The lowest BCUT2D eigenvalue weighted by Gasteiger charge is -2.27. The Bertz CT molecular complexity index is 556. The van der Waals surface area contributed by atoms with E-state index in [4.69, 9.17) is 0 Å². The smallest absolute Gasteiger partial charge is 0.327 e. The molecule has 2 unspecified atom stereocenters. The van der Waals surface area contributed by atoms with Crippen molar-refractivity contribution in [3.8, 4) is 0 Å². The van der Waals surface area contributed by atoms with Crippen LogP contribution in [0.3, 0.4) is 0 Å². The quantitative estimate of drug-likeness (QED) is 0.929. The molecule has 5 heteroatoms. The molecular weight excluding hydrogens is 274 g/mol. The number of rotatable bonds is 3. The summed E-state index contributed by atoms with van der Waals surface area (Å²) in [5.74, 6) is -0.0867. The van der Waals surface area contributed by atoms with Gasteiger partial charge in [0.05, 0.1) is 5.37 Å². The Morgan fingerprint density at radius 3 is 2.70 bits per heavy atom. The second-order valence-corrected chi connectivity index (χ2v) is 6.65. The summed E-state index contributed by atoms with van der Waals surface area (Å²) in [6, 6.07) is 6.67. The standard InChI is InChI=1S/C15H17NO3S/c1-9-3-2-4-11(7-9)13(17)16-12(15(18)19)8-20-14(16)10-5-6-10/h2-4,7,10,12,14H,5-6,8H2,1H3,(H,18,19). The van der Waals surface area contributed by atoms with Crippen molar-refractivity contribution in [2.24, 2.45) is 5.92 Å². The minimum absolute atomic E-state index is 0.0316. The van der Waals surface area contributed by atoms with Gasteiger partial charge in [0.25, 0.3) is 5.91 Å². The van der Waals surface area contributed by atoms with Gasteiger partial charge >= 0.3 is 5.97 Å². The van der Waals surface area contributed by atoms with Crippen LogP contribution in [-0.4, -0.2) is 39.1 Å². The molecule has 1 amide bonds. The first kappa shape index (κ1) is 13.5. The van der Waals surface area contributed by atoms with Crippen LogP contribution in [0.15, 0.2) is 24.3 Å². The van der Waals surface area contributed by atoms with Gasteiger partial charge < -0.3 is 10.0 Å². The van der Waals surface area contributed by atoms with E-state index in [1.54, 1.807) is 22.7 Å². The zero-order chi connectivity index (χ0) is 14.3. The molecule has 1 aliphatic carbocycles. The van der Waals surface area contributed by atoms with Gasteiger partial charge in [-0.3, -0.25) is 4.79 Å². The van der Waals surface area contributed by atoms with Crippen LogP contribution in [0.4, 0.5) is 0 Å². The fourth-order valence-electron chi connectivity index (χ4n) is 2.65. The van der Waals surface area contributed by atoms with Crippen molar-refractivity contribution in [3.05, 3.63) is 35.4 Å². The summed E-state index contributed by atoms with van der Waals surface area (Å²) in [6.07, 6.45) is 2.20. The van der Waals surface area contributed by atoms with Crippen molar-refractivity contribution < 1.29 is 14.7 Å². The number of benzene rings is 1. The Balaban J connectivity index is 1.90. The van der Waals surface area contributed by atoms with E-state index in [1.807, 2.05) is 25.1 Å². The maximum atomic E-state index is 12.7. The third-order valence-corrected chi connectivity index (χ3v) is 5.31. The molecule has 2 fully saturated rings. The van der Waals surface area contributed by atoms with Gasteiger partial charge in [0.1, 0.15) is 6.04 Å². The van der Waals surface area contributed by atoms with E-state index in [1.165, 1.54) is 0 Å². The summed E-state index contributed by atoms with van der Waals surface area (Å²) in [5, 5.41) is 9.38. The lowest BCUT2D eigenvalue weighted by atomic mass is 10.1. The van der Waals surface area contributed by atoms with Crippen molar-refractivity contribution >= 4 is 23.6 Å². The summed E-state index contributed by atoms with van der Waals surface area (Å²) >= 11 is 1.61. The van der Waals surface area contributed by atoms with Gasteiger partial charge in [0, 0.05) is 11.3 Å². The van der Waals surface area contributed by atoms with Crippen LogP contribution in [0.25, 0.3) is 0 Å². The average molecular weight is 291 g/mol. The fourth-order valence-corrected chi connectivity index (χ4v) is 4.28. The molecule has 4 nitrogen and oxygen atoms in total. The van der Waals surface area contributed by atoms with E-state index < -0.39 is 12.0 Å². The molecule has 1 aromatic carbocycles. The maximum Gasteiger partial charge on any atom is 0.327 e. The van der Waals surface area contributed by atoms with Gasteiger partial charge in [0.2, 0.25) is 0 Å². The second-order valence-electron chi connectivity index (χ2n) is 5.50. The minimum atomic E-state index is -0.901. The summed E-state index contributed by atoms with van der Waals surface area (Å²) in [5.41, 5.74) is 1.60. The molecule has 1 N–H and O–H groups in total. The Morgan fingerprint density at radius 1 is 1.35 bits per heavy atom. The van der Waals surface area contributed by atoms with Crippen molar-refractivity contribution in [1.29, 1.82) is 0 Å². The SMILES string of the molecule is Cc1cccc(C(=O)N2C(C(=O)O)CSC2C2CC2)c1. The van der Waals surface area contributed by atoms with E-state index in [9.17, 15) is 14.7 Å². The number of aryl methyl sites for hydroxylation is 1. The molecule has 20 heavy (non-hydrogen) atoms. The first-order valence-electron chi connectivity index (χ1n) is 6.81. The number of carboxylic acids is 1. The summed E-state index contributed by atoms with van der Waals surface area (Å²) < 4.78 is 0. The predicted octanol–water partition coefficient (Wildman–Crippen LogP) is 2.37. The third kappa shape index (κ3) is 2.42. The number of carbonyl (C=O) groups excluding carboxylic acids is 1. The number of hydrogen-bond donors (Lipinski definition) is 1. The predicted molar refractivity (Wildman–Crippen MR) is 77.7 cm³/mol.